The van der Waals surface area contributed by atoms with Gasteiger partial charge in [0.1, 0.15) is 0 Å². The Hall–Kier alpha value is -4.84. The average molecular weight is 547 g/mol. The largest absolute Gasteiger partial charge is 0.493 e. The van der Waals surface area contributed by atoms with Crippen molar-refractivity contribution < 1.29 is 33.5 Å². The highest BCUT2D eigenvalue weighted by Gasteiger charge is 2.35. The molecule has 0 spiro atoms. The Morgan fingerprint density at radius 1 is 1.07 bits per heavy atom. The van der Waals surface area contributed by atoms with E-state index in [1.54, 1.807) is 23.1 Å². The zero-order chi connectivity index (χ0) is 28.6. The third kappa shape index (κ3) is 4.96. The van der Waals surface area contributed by atoms with Crippen LogP contribution in [-0.4, -0.2) is 77.8 Å². The molecule has 0 unspecified atom stereocenters. The summed E-state index contributed by atoms with van der Waals surface area (Å²) in [6.45, 7) is 4.63. The van der Waals surface area contributed by atoms with Crippen LogP contribution in [0, 0.1) is 10.1 Å². The molecule has 12 heteroatoms. The summed E-state index contributed by atoms with van der Waals surface area (Å²) in [5.41, 5.74) is 0.592. The van der Waals surface area contributed by atoms with E-state index in [1.807, 2.05) is 13.8 Å². The highest BCUT2D eigenvalue weighted by molar-refractivity contribution is 6.26. The molecule has 0 saturated carbocycles. The number of rotatable bonds is 7. The van der Waals surface area contributed by atoms with E-state index in [-0.39, 0.29) is 52.3 Å². The summed E-state index contributed by atoms with van der Waals surface area (Å²) in [4.78, 5) is 51.5. The molecule has 0 radical (unpaired) electrons. The van der Waals surface area contributed by atoms with Crippen molar-refractivity contribution in [2.75, 3.05) is 26.8 Å². The maximum absolute atomic E-state index is 13.1. The molecule has 0 N–H and O–H groups in total. The summed E-state index contributed by atoms with van der Waals surface area (Å²) in [6.07, 6.45) is 1.21. The van der Waals surface area contributed by atoms with Crippen molar-refractivity contribution in [1.29, 1.82) is 0 Å². The van der Waals surface area contributed by atoms with Crippen LogP contribution >= 0.6 is 0 Å². The molecule has 2 aliphatic heterocycles. The van der Waals surface area contributed by atoms with Crippen molar-refractivity contribution in [3.8, 4) is 11.5 Å². The second kappa shape index (κ2) is 10.7. The fourth-order valence-electron chi connectivity index (χ4n) is 4.95. The van der Waals surface area contributed by atoms with Crippen LogP contribution in [0.5, 0.6) is 11.5 Å². The maximum Gasteiger partial charge on any atom is 0.282 e. The Morgan fingerprint density at radius 3 is 2.45 bits per heavy atom. The van der Waals surface area contributed by atoms with E-state index in [4.69, 9.17) is 14.2 Å². The number of nitro benzene ring substituents is 1. The van der Waals surface area contributed by atoms with Crippen LogP contribution in [-0.2, 0) is 9.53 Å². The van der Waals surface area contributed by atoms with Crippen molar-refractivity contribution in [2.45, 2.75) is 26.1 Å². The monoisotopic (exact) mass is 546 g/mol. The van der Waals surface area contributed by atoms with Gasteiger partial charge >= 0.3 is 0 Å². The smallest absolute Gasteiger partial charge is 0.282 e. The summed E-state index contributed by atoms with van der Waals surface area (Å²) < 4.78 is 16.8. The number of imide groups is 1. The van der Waals surface area contributed by atoms with Gasteiger partial charge < -0.3 is 19.1 Å². The normalized spacial score (nSPS) is 18.9. The lowest BCUT2D eigenvalue weighted by atomic mass is 9.94. The number of nitrogens with zero attached hydrogens (tertiary/aromatic N) is 4. The Balaban J connectivity index is 1.33. The molecule has 2 atom stereocenters. The van der Waals surface area contributed by atoms with E-state index in [9.17, 15) is 24.5 Å². The van der Waals surface area contributed by atoms with Gasteiger partial charge in [-0.05, 0) is 55.8 Å². The lowest BCUT2D eigenvalue weighted by Crippen LogP contribution is -2.49. The topological polar surface area (TPSA) is 141 Å². The van der Waals surface area contributed by atoms with Crippen molar-refractivity contribution in [3.63, 3.8) is 0 Å². The first-order chi connectivity index (χ1) is 19.2. The van der Waals surface area contributed by atoms with Crippen molar-refractivity contribution >= 4 is 40.4 Å². The molecule has 2 heterocycles. The van der Waals surface area contributed by atoms with E-state index in [2.05, 4.69) is 5.10 Å². The molecule has 3 amide bonds. The molecule has 0 bridgehead atoms. The van der Waals surface area contributed by atoms with Crippen LogP contribution in [0.2, 0.25) is 0 Å². The Kier molecular flexibility index (Phi) is 7.18. The van der Waals surface area contributed by atoms with Gasteiger partial charge in [-0.2, -0.15) is 10.1 Å². The maximum atomic E-state index is 13.1. The van der Waals surface area contributed by atoms with E-state index in [0.717, 1.165) is 5.01 Å². The lowest BCUT2D eigenvalue weighted by Gasteiger charge is -2.35. The van der Waals surface area contributed by atoms with E-state index < -0.39 is 16.7 Å². The number of ether oxygens (including phenoxy) is 3. The standard InChI is InChI=1S/C28H26N4O8/c1-16-13-30(14-17(2)40-16)25(33)15-39-23-10-7-18(11-24(23)38-3)12-29-31-27(34)20-6-4-5-19-22(32(36)37)9-8-21(26(19)20)28(31)35/h4-12,16-17H,13-15H2,1-3H3/b29-12-/t16-,17-/m0/s1. The van der Waals surface area contributed by atoms with Gasteiger partial charge in [0, 0.05) is 24.5 Å². The average Bonchev–Trinajstić information content (AvgIpc) is 2.93. The number of benzene rings is 3. The van der Waals surface area contributed by atoms with E-state index in [0.29, 0.717) is 30.2 Å². The third-order valence-electron chi connectivity index (χ3n) is 6.69. The van der Waals surface area contributed by atoms with Gasteiger partial charge in [-0.1, -0.05) is 6.07 Å². The summed E-state index contributed by atoms with van der Waals surface area (Å²) in [5, 5.41) is 16.7. The lowest BCUT2D eigenvalue weighted by molar-refractivity contribution is -0.383. The minimum Gasteiger partial charge on any atom is -0.493 e. The number of methoxy groups -OCH3 is 1. The van der Waals surface area contributed by atoms with Gasteiger partial charge in [0.15, 0.2) is 18.1 Å². The van der Waals surface area contributed by atoms with Gasteiger partial charge in [-0.3, -0.25) is 24.5 Å². The van der Waals surface area contributed by atoms with Crippen LogP contribution in [0.15, 0.2) is 53.6 Å². The zero-order valence-electron chi connectivity index (χ0n) is 22.0. The number of hydrogen-bond acceptors (Lipinski definition) is 9. The minimum absolute atomic E-state index is 0.0561. The molecule has 0 aliphatic carbocycles. The number of hydrogen-bond donors (Lipinski definition) is 0. The fraction of sp³-hybridized carbons (Fsp3) is 0.286. The van der Waals surface area contributed by atoms with Gasteiger partial charge in [0.05, 0.1) is 47.0 Å². The van der Waals surface area contributed by atoms with Gasteiger partial charge in [0.25, 0.3) is 23.4 Å². The third-order valence-corrected chi connectivity index (χ3v) is 6.69. The molecule has 40 heavy (non-hydrogen) atoms. The molecule has 2 aliphatic rings. The summed E-state index contributed by atoms with van der Waals surface area (Å²) in [5.74, 6) is -0.889. The van der Waals surface area contributed by atoms with Crippen LogP contribution in [0.4, 0.5) is 5.69 Å². The van der Waals surface area contributed by atoms with E-state index >= 15 is 0 Å². The second-order valence-electron chi connectivity index (χ2n) is 9.54. The quantitative estimate of drug-likeness (QED) is 0.190. The molecule has 1 saturated heterocycles. The van der Waals surface area contributed by atoms with Crippen LogP contribution in [0.3, 0.4) is 0 Å². The molecule has 206 valence electrons. The molecule has 1 fully saturated rings. The number of non-ortho nitro benzene ring substituents is 1. The van der Waals surface area contributed by atoms with Crippen LogP contribution in [0.1, 0.15) is 40.1 Å². The van der Waals surface area contributed by atoms with Crippen molar-refractivity contribution in [1.82, 2.24) is 9.91 Å². The molecule has 3 aromatic rings. The fourth-order valence-corrected chi connectivity index (χ4v) is 4.95. The number of hydrazone groups is 1. The number of carbonyl (C=O) groups excluding carboxylic acids is 3. The number of amides is 3. The zero-order valence-corrected chi connectivity index (χ0v) is 22.0. The van der Waals surface area contributed by atoms with Gasteiger partial charge in [-0.15, -0.1) is 0 Å². The first-order valence-corrected chi connectivity index (χ1v) is 12.5. The summed E-state index contributed by atoms with van der Waals surface area (Å²) >= 11 is 0. The number of morpholine rings is 1. The van der Waals surface area contributed by atoms with E-state index in [1.165, 1.54) is 43.7 Å². The predicted octanol–water partition coefficient (Wildman–Crippen LogP) is 3.40. The highest BCUT2D eigenvalue weighted by Crippen LogP contribution is 2.35. The van der Waals surface area contributed by atoms with Crippen LogP contribution < -0.4 is 9.47 Å². The Labute approximate surface area is 228 Å². The highest BCUT2D eigenvalue weighted by atomic mass is 16.6. The Morgan fingerprint density at radius 2 is 1.77 bits per heavy atom. The Bertz CT molecular complexity index is 1540. The van der Waals surface area contributed by atoms with Crippen molar-refractivity contribution in [2.24, 2.45) is 5.10 Å². The first-order valence-electron chi connectivity index (χ1n) is 12.5. The minimum atomic E-state index is -0.697. The molecular weight excluding hydrogens is 520 g/mol. The molecule has 5 rings (SSSR count). The first kappa shape index (κ1) is 26.8. The van der Waals surface area contributed by atoms with Gasteiger partial charge in [0.2, 0.25) is 0 Å². The summed E-state index contributed by atoms with van der Waals surface area (Å²) in [7, 11) is 1.45. The SMILES string of the molecule is COc1cc(/C=N\N2C(=O)c3cccc4c([N+](=O)[O-])ccc(c34)C2=O)ccc1OCC(=O)N1C[C@H](C)O[C@@H](C)C1. The second-order valence-corrected chi connectivity index (χ2v) is 9.54. The van der Waals surface area contributed by atoms with Crippen LogP contribution in [0.25, 0.3) is 10.8 Å². The molecule has 3 aromatic carbocycles. The molecular formula is C28H26N4O8. The molecule has 12 nitrogen and oxygen atoms in total. The summed E-state index contributed by atoms with van der Waals surface area (Å²) in [6, 6.07) is 11.9. The van der Waals surface area contributed by atoms with Crippen molar-refractivity contribution in [3.05, 3.63) is 75.3 Å². The number of carbonyl (C=O) groups is 3. The predicted molar refractivity (Wildman–Crippen MR) is 144 cm³/mol. The van der Waals surface area contributed by atoms with Gasteiger partial charge in [-0.25, -0.2) is 0 Å². The number of nitro groups is 1. The molecule has 0 aromatic heterocycles.